The molecule has 0 bridgehead atoms. The first-order valence-corrected chi connectivity index (χ1v) is 13.1. The summed E-state index contributed by atoms with van der Waals surface area (Å²) in [7, 11) is 0. The zero-order chi connectivity index (χ0) is 25.1. The van der Waals surface area contributed by atoms with Crippen LogP contribution >= 0.6 is 0 Å². The molecular weight excluding hydrogens is 467 g/mol. The third-order valence-electron chi connectivity index (χ3n) is 7.84. The van der Waals surface area contributed by atoms with E-state index in [2.05, 4.69) is 26.7 Å². The smallest absolute Gasteiger partial charge is 0.406 e. The van der Waals surface area contributed by atoms with Crippen molar-refractivity contribution in [2.24, 2.45) is 0 Å². The Balaban J connectivity index is 1.13. The van der Waals surface area contributed by atoms with Gasteiger partial charge in [-0.1, -0.05) is 49.6 Å². The van der Waals surface area contributed by atoms with Gasteiger partial charge in [0.2, 0.25) is 5.91 Å². The highest BCUT2D eigenvalue weighted by Gasteiger charge is 2.31. The van der Waals surface area contributed by atoms with Crippen LogP contribution in [0.2, 0.25) is 0 Å². The zero-order valence-corrected chi connectivity index (χ0v) is 20.6. The minimum absolute atomic E-state index is 0.222. The summed E-state index contributed by atoms with van der Waals surface area (Å²) in [5, 5.41) is 0. The van der Waals surface area contributed by atoms with Crippen LogP contribution in [0.25, 0.3) is 11.1 Å². The van der Waals surface area contributed by atoms with Crippen LogP contribution in [0.5, 0.6) is 5.75 Å². The van der Waals surface area contributed by atoms with Gasteiger partial charge in [0, 0.05) is 45.3 Å². The van der Waals surface area contributed by atoms with Crippen LogP contribution in [0, 0.1) is 0 Å². The van der Waals surface area contributed by atoms with E-state index >= 15 is 0 Å². The molecular formula is C28H34F3N3O2. The van der Waals surface area contributed by atoms with Gasteiger partial charge in [-0.15, -0.1) is 13.2 Å². The van der Waals surface area contributed by atoms with Gasteiger partial charge in [-0.25, -0.2) is 0 Å². The van der Waals surface area contributed by atoms with Gasteiger partial charge in [0.25, 0.3) is 0 Å². The molecule has 2 aromatic rings. The van der Waals surface area contributed by atoms with E-state index in [1.807, 2.05) is 11.0 Å². The number of ether oxygens (including phenoxy) is 1. The van der Waals surface area contributed by atoms with E-state index in [1.54, 1.807) is 12.1 Å². The highest BCUT2D eigenvalue weighted by Crippen LogP contribution is 2.29. The van der Waals surface area contributed by atoms with Crippen LogP contribution in [0.15, 0.2) is 42.5 Å². The fourth-order valence-electron chi connectivity index (χ4n) is 5.85. The Kier molecular flexibility index (Phi) is 7.53. The van der Waals surface area contributed by atoms with Crippen molar-refractivity contribution < 1.29 is 22.7 Å². The SMILES string of the molecule is O=C(CN1CCc2cc(-c3ccc(OC(F)(F)F)cc3)ccc2C1)N1CCN(C2CCCCC2)CC1. The lowest BCUT2D eigenvalue weighted by atomic mass is 9.94. The van der Waals surface area contributed by atoms with Crippen molar-refractivity contribution in [3.63, 3.8) is 0 Å². The van der Waals surface area contributed by atoms with Crippen molar-refractivity contribution in [1.29, 1.82) is 0 Å². The Morgan fingerprint density at radius 3 is 2.25 bits per heavy atom. The summed E-state index contributed by atoms with van der Waals surface area (Å²) in [5.41, 5.74) is 4.25. The summed E-state index contributed by atoms with van der Waals surface area (Å²) < 4.78 is 41.2. The highest BCUT2D eigenvalue weighted by molar-refractivity contribution is 5.78. The van der Waals surface area contributed by atoms with Gasteiger partial charge in [0.15, 0.2) is 0 Å². The van der Waals surface area contributed by atoms with Crippen molar-refractivity contribution in [2.45, 2.75) is 57.5 Å². The van der Waals surface area contributed by atoms with Gasteiger partial charge < -0.3 is 9.64 Å². The number of hydrogen-bond donors (Lipinski definition) is 0. The molecule has 194 valence electrons. The Morgan fingerprint density at radius 1 is 0.861 bits per heavy atom. The second-order valence-electron chi connectivity index (χ2n) is 10.2. The summed E-state index contributed by atoms with van der Waals surface area (Å²) in [6.07, 6.45) is 2.81. The molecule has 1 amide bonds. The Bertz CT molecular complexity index is 1040. The number of rotatable bonds is 5. The molecule has 0 N–H and O–H groups in total. The summed E-state index contributed by atoms with van der Waals surface area (Å²) in [5.74, 6) is -0.000510. The second-order valence-corrected chi connectivity index (χ2v) is 10.2. The fourth-order valence-corrected chi connectivity index (χ4v) is 5.85. The van der Waals surface area contributed by atoms with Crippen LogP contribution in [0.4, 0.5) is 13.2 Å². The molecule has 3 aliphatic rings. The van der Waals surface area contributed by atoms with Crippen molar-refractivity contribution in [3.05, 3.63) is 53.6 Å². The molecule has 0 spiro atoms. The molecule has 1 aliphatic carbocycles. The maximum atomic E-state index is 13.0. The molecule has 1 saturated carbocycles. The molecule has 1 saturated heterocycles. The first-order chi connectivity index (χ1) is 17.3. The van der Waals surface area contributed by atoms with E-state index in [4.69, 9.17) is 0 Å². The largest absolute Gasteiger partial charge is 0.573 e. The molecule has 0 unspecified atom stereocenters. The lowest BCUT2D eigenvalue weighted by Gasteiger charge is -2.41. The van der Waals surface area contributed by atoms with E-state index < -0.39 is 6.36 Å². The quantitative estimate of drug-likeness (QED) is 0.572. The summed E-state index contributed by atoms with van der Waals surface area (Å²) in [6, 6.07) is 12.9. The number of alkyl halides is 3. The molecule has 0 atom stereocenters. The number of carbonyl (C=O) groups excluding carboxylic acids is 1. The van der Waals surface area contributed by atoms with E-state index in [-0.39, 0.29) is 11.7 Å². The number of hydrogen-bond acceptors (Lipinski definition) is 4. The van der Waals surface area contributed by atoms with Gasteiger partial charge in [-0.05, 0) is 53.6 Å². The molecule has 2 aromatic carbocycles. The molecule has 2 aliphatic heterocycles. The van der Waals surface area contributed by atoms with Crippen LogP contribution in [-0.4, -0.2) is 72.3 Å². The molecule has 2 heterocycles. The number of nitrogens with zero attached hydrogens (tertiary/aromatic N) is 3. The Morgan fingerprint density at radius 2 is 1.56 bits per heavy atom. The highest BCUT2D eigenvalue weighted by atomic mass is 19.4. The number of amides is 1. The van der Waals surface area contributed by atoms with Crippen LogP contribution < -0.4 is 4.74 Å². The number of piperazine rings is 1. The fraction of sp³-hybridized carbons (Fsp3) is 0.536. The summed E-state index contributed by atoms with van der Waals surface area (Å²) >= 11 is 0. The van der Waals surface area contributed by atoms with E-state index in [0.29, 0.717) is 12.6 Å². The van der Waals surface area contributed by atoms with E-state index in [0.717, 1.165) is 56.8 Å². The minimum atomic E-state index is -4.69. The molecule has 5 nitrogen and oxygen atoms in total. The monoisotopic (exact) mass is 501 g/mol. The predicted octanol–water partition coefficient (Wildman–Crippen LogP) is 5.09. The minimum Gasteiger partial charge on any atom is -0.406 e. The van der Waals surface area contributed by atoms with Crippen LogP contribution in [0.1, 0.15) is 43.2 Å². The first-order valence-electron chi connectivity index (χ1n) is 13.1. The van der Waals surface area contributed by atoms with Gasteiger partial charge >= 0.3 is 6.36 Å². The standard InChI is InChI=1S/C28H34F3N3O2/c29-28(30,31)36-26-10-8-21(9-11-26)22-6-7-24-19-32(13-12-23(24)18-22)20-27(35)34-16-14-33(15-17-34)25-4-2-1-3-5-25/h6-11,18,25H,1-5,12-17,19-20H2. The van der Waals surface area contributed by atoms with Crippen LogP contribution in [-0.2, 0) is 17.8 Å². The molecule has 8 heteroatoms. The van der Waals surface area contributed by atoms with E-state index in [9.17, 15) is 18.0 Å². The third kappa shape index (κ3) is 6.21. The molecule has 0 aromatic heterocycles. The van der Waals surface area contributed by atoms with Gasteiger partial charge in [0.05, 0.1) is 6.54 Å². The third-order valence-corrected chi connectivity index (χ3v) is 7.84. The van der Waals surface area contributed by atoms with Gasteiger partial charge in [-0.2, -0.15) is 0 Å². The average molecular weight is 502 g/mol. The average Bonchev–Trinajstić information content (AvgIpc) is 2.88. The molecule has 5 rings (SSSR count). The number of benzene rings is 2. The van der Waals surface area contributed by atoms with Crippen molar-refractivity contribution in [1.82, 2.24) is 14.7 Å². The summed E-state index contributed by atoms with van der Waals surface area (Å²) in [4.78, 5) is 19.8. The first kappa shape index (κ1) is 25.1. The number of fused-ring (bicyclic) bond motifs is 1. The van der Waals surface area contributed by atoms with Gasteiger partial charge in [-0.3, -0.25) is 14.6 Å². The lowest BCUT2D eigenvalue weighted by molar-refractivity contribution is -0.274. The zero-order valence-electron chi connectivity index (χ0n) is 20.6. The van der Waals surface area contributed by atoms with Crippen molar-refractivity contribution in [3.8, 4) is 16.9 Å². The van der Waals surface area contributed by atoms with Crippen molar-refractivity contribution >= 4 is 5.91 Å². The van der Waals surface area contributed by atoms with Crippen molar-refractivity contribution in [2.75, 3.05) is 39.3 Å². The number of carbonyl (C=O) groups is 1. The Hall–Kier alpha value is -2.58. The Labute approximate surface area is 210 Å². The lowest BCUT2D eigenvalue weighted by Crippen LogP contribution is -2.54. The normalized spacial score (nSPS) is 20.2. The maximum absolute atomic E-state index is 13.0. The molecule has 36 heavy (non-hydrogen) atoms. The predicted molar refractivity (Wildman–Crippen MR) is 133 cm³/mol. The second kappa shape index (κ2) is 10.8. The van der Waals surface area contributed by atoms with Gasteiger partial charge in [0.1, 0.15) is 5.75 Å². The van der Waals surface area contributed by atoms with E-state index in [1.165, 1.54) is 55.4 Å². The number of halogens is 3. The summed E-state index contributed by atoms with van der Waals surface area (Å²) in [6.45, 7) is 5.65. The van der Waals surface area contributed by atoms with Crippen LogP contribution in [0.3, 0.4) is 0 Å². The maximum Gasteiger partial charge on any atom is 0.573 e. The topological polar surface area (TPSA) is 36.0 Å². The molecule has 0 radical (unpaired) electrons. The molecule has 2 fully saturated rings.